The van der Waals surface area contributed by atoms with Crippen LogP contribution >= 0.6 is 22.7 Å². The van der Waals surface area contributed by atoms with E-state index in [0.29, 0.717) is 26.5 Å². The quantitative estimate of drug-likeness (QED) is 0.0866. The molecule has 0 atom stereocenters. The highest BCUT2D eigenvalue weighted by atomic mass is 32.1. The number of alkyl halides is 6. The molecule has 2 aliphatic carbocycles. The summed E-state index contributed by atoms with van der Waals surface area (Å²) in [4.78, 5) is 44.9. The van der Waals surface area contributed by atoms with Gasteiger partial charge in [-0.05, 0) is 120 Å². The van der Waals surface area contributed by atoms with Crippen LogP contribution in [0.3, 0.4) is 0 Å². The molecular weight excluding hydrogens is 911 g/mol. The predicted octanol–water partition coefficient (Wildman–Crippen LogP) is 11.1. The van der Waals surface area contributed by atoms with Crippen LogP contribution in [0.15, 0.2) is 54.6 Å². The molecule has 4 aromatic heterocycles. The monoisotopic (exact) mass is 956 g/mol. The van der Waals surface area contributed by atoms with E-state index < -0.39 is 52.5 Å². The topological polar surface area (TPSA) is 169 Å². The molecule has 2 amide bonds. The van der Waals surface area contributed by atoms with Gasteiger partial charge < -0.3 is 30.3 Å². The first-order valence-corrected chi connectivity index (χ1v) is 23.1. The number of aliphatic hydroxyl groups excluding tert-OH is 2. The van der Waals surface area contributed by atoms with Crippen molar-refractivity contribution in [2.75, 3.05) is 31.0 Å². The van der Waals surface area contributed by atoms with E-state index in [2.05, 4.69) is 20.6 Å². The van der Waals surface area contributed by atoms with Crippen LogP contribution in [0.25, 0.3) is 20.4 Å². The zero-order valence-electron chi connectivity index (χ0n) is 36.0. The number of pyridine rings is 2. The molecule has 66 heavy (non-hydrogen) atoms. The van der Waals surface area contributed by atoms with E-state index in [0.717, 1.165) is 85.6 Å². The molecule has 2 aromatic carbocycles. The number of amides is 2. The molecule has 0 bridgehead atoms. The summed E-state index contributed by atoms with van der Waals surface area (Å²) in [6.45, 7) is 3.32. The third-order valence-corrected chi connectivity index (χ3v) is 14.7. The summed E-state index contributed by atoms with van der Waals surface area (Å²) >= 11 is 2.81. The number of benzene rings is 2. The number of anilines is 2. The number of carbonyl (C=O) groups is 2. The number of methoxy groups -OCH3 is 1. The van der Waals surface area contributed by atoms with Crippen LogP contribution in [0.4, 0.5) is 37.7 Å². The molecular formula is C46H46F6N6O6S2. The van der Waals surface area contributed by atoms with Crippen molar-refractivity contribution in [1.82, 2.24) is 19.9 Å². The second-order valence-corrected chi connectivity index (χ2v) is 19.4. The average molecular weight is 957 g/mol. The zero-order chi connectivity index (χ0) is 47.1. The minimum atomic E-state index is -4.95. The molecule has 0 saturated heterocycles. The minimum absolute atomic E-state index is 0.0881. The number of fused-ring (bicyclic) bond motifs is 2. The number of rotatable bonds is 12. The Labute approximate surface area is 382 Å². The SMILES string of the molecule is COc1cc2nc(C3CCC(CO)CC3)sc2cc1NC(=O)c1nc(C(F)(F)F)ccc1OC(C)(C)c1cc2nc(C3CCC(CO)CC3)sc2cc1NC(=O)c1cccc(C(F)(F)F)n1. The normalized spacial score (nSPS) is 19.5. The molecule has 4 N–H and O–H groups in total. The number of ether oxygens (including phenoxy) is 2. The van der Waals surface area contributed by atoms with Crippen LogP contribution in [0, 0.1) is 11.8 Å². The highest BCUT2D eigenvalue weighted by molar-refractivity contribution is 7.19. The predicted molar refractivity (Wildman–Crippen MR) is 237 cm³/mol. The molecule has 4 heterocycles. The van der Waals surface area contributed by atoms with Crippen LogP contribution in [-0.4, -0.2) is 62.3 Å². The Morgan fingerprint density at radius 2 is 1.20 bits per heavy atom. The van der Waals surface area contributed by atoms with E-state index >= 15 is 0 Å². The van der Waals surface area contributed by atoms with Gasteiger partial charge in [0, 0.05) is 42.4 Å². The van der Waals surface area contributed by atoms with Gasteiger partial charge in [0.15, 0.2) is 11.4 Å². The number of aliphatic hydroxyl groups is 2. The van der Waals surface area contributed by atoms with Crippen molar-refractivity contribution >= 4 is 66.3 Å². The fraction of sp³-hybridized carbons (Fsp3) is 0.435. The Hall–Kier alpha value is -5.44. The molecule has 0 spiro atoms. The molecule has 8 rings (SSSR count). The molecule has 2 aliphatic rings. The Morgan fingerprint density at radius 3 is 1.74 bits per heavy atom. The molecule has 0 aliphatic heterocycles. The average Bonchev–Trinajstić information content (AvgIpc) is 3.91. The second kappa shape index (κ2) is 18.7. The fourth-order valence-corrected chi connectivity index (χ4v) is 10.9. The number of thiazole rings is 2. The molecule has 0 unspecified atom stereocenters. The summed E-state index contributed by atoms with van der Waals surface area (Å²) in [7, 11) is 1.38. The van der Waals surface area contributed by atoms with Crippen LogP contribution < -0.4 is 20.1 Å². The lowest BCUT2D eigenvalue weighted by atomic mass is 9.83. The maximum Gasteiger partial charge on any atom is 0.433 e. The molecule has 6 aromatic rings. The van der Waals surface area contributed by atoms with E-state index in [1.54, 1.807) is 38.1 Å². The summed E-state index contributed by atoms with van der Waals surface area (Å²) in [5, 5.41) is 26.3. The maximum atomic E-state index is 14.2. The highest BCUT2D eigenvalue weighted by Gasteiger charge is 2.37. The summed E-state index contributed by atoms with van der Waals surface area (Å²) in [6, 6.07) is 11.1. The van der Waals surface area contributed by atoms with Gasteiger partial charge >= 0.3 is 12.4 Å². The van der Waals surface area contributed by atoms with Gasteiger partial charge in [-0.2, -0.15) is 26.3 Å². The van der Waals surface area contributed by atoms with Gasteiger partial charge in [-0.3, -0.25) is 9.59 Å². The van der Waals surface area contributed by atoms with Crippen LogP contribution in [0.1, 0.15) is 125 Å². The number of nitrogens with one attached hydrogen (secondary N) is 2. The third-order valence-electron chi connectivity index (χ3n) is 12.3. The Balaban J connectivity index is 1.14. The molecule has 350 valence electrons. The maximum absolute atomic E-state index is 14.2. The lowest BCUT2D eigenvalue weighted by Gasteiger charge is -2.30. The van der Waals surface area contributed by atoms with E-state index in [1.807, 2.05) is 0 Å². The first-order chi connectivity index (χ1) is 31.3. The van der Waals surface area contributed by atoms with Crippen LogP contribution in [0.2, 0.25) is 0 Å². The van der Waals surface area contributed by atoms with Crippen molar-refractivity contribution in [1.29, 1.82) is 0 Å². The second-order valence-electron chi connectivity index (χ2n) is 17.3. The van der Waals surface area contributed by atoms with Gasteiger partial charge in [-0.1, -0.05) is 6.07 Å². The standard InChI is InChI=1S/C46H46F6N6O6S2/c1-44(2,27-17-31-35(65-42(56-31)25-11-7-23(21-59)8-12-25)19-29(27)54-40(61)28-5-4-6-37(53-28)45(47,48)49)64-33-15-16-38(46(50,51)52)58-39(33)41(62)55-30-20-36-32(18-34(30)63-3)57-43(66-36)26-13-9-24(22-60)10-14-26/h4-6,15-20,23-26,59-60H,7-14,21-22H2,1-3H3,(H,54,61)(H,55,62). The highest BCUT2D eigenvalue weighted by Crippen LogP contribution is 2.44. The number of hydrogen-bond acceptors (Lipinski definition) is 12. The number of carbonyl (C=O) groups excluding carboxylic acids is 2. The molecule has 2 fully saturated rings. The van der Waals surface area contributed by atoms with Gasteiger partial charge in [0.2, 0.25) is 0 Å². The molecule has 0 radical (unpaired) electrons. The van der Waals surface area contributed by atoms with E-state index in [4.69, 9.17) is 19.4 Å². The van der Waals surface area contributed by atoms with Gasteiger partial charge in [0.25, 0.3) is 11.8 Å². The fourth-order valence-electron chi connectivity index (χ4n) is 8.63. The van der Waals surface area contributed by atoms with Crippen molar-refractivity contribution in [2.24, 2.45) is 11.8 Å². The summed E-state index contributed by atoms with van der Waals surface area (Å²) in [5.41, 5.74) is -3.92. The number of aromatic nitrogens is 4. The van der Waals surface area contributed by atoms with Crippen molar-refractivity contribution in [3.8, 4) is 11.5 Å². The first kappa shape index (κ1) is 47.1. The van der Waals surface area contributed by atoms with Crippen LogP contribution in [0.5, 0.6) is 11.5 Å². The summed E-state index contributed by atoms with van der Waals surface area (Å²) in [5.74, 6) is -1.47. The van der Waals surface area contributed by atoms with Gasteiger partial charge in [0.05, 0.1) is 43.2 Å². The van der Waals surface area contributed by atoms with Crippen LogP contribution in [-0.2, 0) is 18.0 Å². The van der Waals surface area contributed by atoms with Gasteiger partial charge in [-0.25, -0.2) is 19.9 Å². The summed E-state index contributed by atoms with van der Waals surface area (Å²) in [6.07, 6.45) is -3.11. The minimum Gasteiger partial charge on any atom is -0.494 e. The third kappa shape index (κ3) is 10.1. The molecule has 2 saturated carbocycles. The smallest absolute Gasteiger partial charge is 0.433 e. The van der Waals surface area contributed by atoms with Gasteiger partial charge in [-0.15, -0.1) is 22.7 Å². The largest absolute Gasteiger partial charge is 0.494 e. The zero-order valence-corrected chi connectivity index (χ0v) is 37.6. The van der Waals surface area contributed by atoms with E-state index in [9.17, 15) is 46.1 Å². The summed E-state index contributed by atoms with van der Waals surface area (Å²) < 4.78 is 96.8. The molecule has 20 heteroatoms. The first-order valence-electron chi connectivity index (χ1n) is 21.4. The van der Waals surface area contributed by atoms with E-state index in [-0.39, 0.29) is 65.3 Å². The van der Waals surface area contributed by atoms with E-state index in [1.165, 1.54) is 29.8 Å². The van der Waals surface area contributed by atoms with Crippen molar-refractivity contribution in [3.05, 3.63) is 93.0 Å². The number of halogens is 6. The molecule has 12 nitrogen and oxygen atoms in total. The van der Waals surface area contributed by atoms with Crippen molar-refractivity contribution < 1.29 is 55.6 Å². The lowest BCUT2D eigenvalue weighted by molar-refractivity contribution is -0.142. The van der Waals surface area contributed by atoms with Crippen molar-refractivity contribution in [2.45, 2.75) is 95.0 Å². The number of nitrogens with zero attached hydrogens (tertiary/aromatic N) is 4. The van der Waals surface area contributed by atoms with Crippen molar-refractivity contribution in [3.63, 3.8) is 0 Å². The number of hydrogen-bond donors (Lipinski definition) is 4. The Morgan fingerprint density at radius 1 is 0.667 bits per heavy atom. The Bertz CT molecular complexity index is 2760. The lowest BCUT2D eigenvalue weighted by Crippen LogP contribution is -2.29. The Kier molecular flexibility index (Phi) is 13.3. The van der Waals surface area contributed by atoms with Gasteiger partial charge in [0.1, 0.15) is 28.4 Å².